The SMILES string of the molecule is C[NH2+]C(Cc1ccc(Cl)c(F)c1)C(N)=O. The molecule has 0 bridgehead atoms. The summed E-state index contributed by atoms with van der Waals surface area (Å²) in [6, 6.07) is 4.11. The van der Waals surface area contributed by atoms with Gasteiger partial charge in [0.25, 0.3) is 5.91 Å². The van der Waals surface area contributed by atoms with E-state index in [1.54, 1.807) is 18.4 Å². The van der Waals surface area contributed by atoms with Gasteiger partial charge in [0.15, 0.2) is 6.04 Å². The molecule has 1 rings (SSSR count). The Morgan fingerprint density at radius 3 is 2.80 bits per heavy atom. The zero-order valence-electron chi connectivity index (χ0n) is 8.34. The van der Waals surface area contributed by atoms with Crippen LogP contribution in [0.4, 0.5) is 4.39 Å². The molecule has 3 nitrogen and oxygen atoms in total. The smallest absolute Gasteiger partial charge is 0.276 e. The van der Waals surface area contributed by atoms with Crippen molar-refractivity contribution in [3.63, 3.8) is 0 Å². The molecule has 0 aromatic heterocycles. The number of rotatable bonds is 4. The number of benzene rings is 1. The van der Waals surface area contributed by atoms with Crippen molar-refractivity contribution in [3.05, 3.63) is 34.6 Å². The lowest BCUT2D eigenvalue weighted by Gasteiger charge is -2.09. The second-order valence-electron chi connectivity index (χ2n) is 3.29. The summed E-state index contributed by atoms with van der Waals surface area (Å²) in [6.07, 6.45) is 0.403. The number of halogens is 2. The van der Waals surface area contributed by atoms with Crippen molar-refractivity contribution < 1.29 is 14.5 Å². The van der Waals surface area contributed by atoms with Crippen LogP contribution in [-0.4, -0.2) is 19.0 Å². The Morgan fingerprint density at radius 2 is 2.33 bits per heavy atom. The molecule has 0 aliphatic rings. The Bertz CT molecular complexity index is 370. The van der Waals surface area contributed by atoms with Gasteiger partial charge in [-0.3, -0.25) is 4.79 Å². The van der Waals surface area contributed by atoms with Gasteiger partial charge in [-0.25, -0.2) is 4.39 Å². The summed E-state index contributed by atoms with van der Waals surface area (Å²) in [4.78, 5) is 11.0. The van der Waals surface area contributed by atoms with Gasteiger partial charge < -0.3 is 11.1 Å². The third kappa shape index (κ3) is 3.18. The van der Waals surface area contributed by atoms with E-state index in [0.717, 1.165) is 0 Å². The van der Waals surface area contributed by atoms with Crippen molar-refractivity contribution in [2.45, 2.75) is 12.5 Å². The predicted molar refractivity (Wildman–Crippen MR) is 55.9 cm³/mol. The standard InChI is InChI=1S/C10H12ClFN2O/c1-14-9(10(13)15)5-6-2-3-7(11)8(12)4-6/h2-4,9,14H,5H2,1H3,(H2,13,15)/p+1. The van der Waals surface area contributed by atoms with E-state index >= 15 is 0 Å². The molecule has 5 heteroatoms. The average molecular weight is 232 g/mol. The summed E-state index contributed by atoms with van der Waals surface area (Å²) in [7, 11) is 1.75. The monoisotopic (exact) mass is 231 g/mol. The van der Waals surface area contributed by atoms with E-state index in [1.807, 2.05) is 0 Å². The maximum absolute atomic E-state index is 13.1. The number of primary amides is 1. The third-order valence-electron chi connectivity index (χ3n) is 2.21. The molecule has 4 N–H and O–H groups in total. The first kappa shape index (κ1) is 11.9. The van der Waals surface area contributed by atoms with E-state index in [4.69, 9.17) is 17.3 Å². The number of carbonyl (C=O) groups excluding carboxylic acids is 1. The zero-order chi connectivity index (χ0) is 11.4. The van der Waals surface area contributed by atoms with Gasteiger partial charge >= 0.3 is 0 Å². The summed E-state index contributed by atoms with van der Waals surface area (Å²) in [5, 5.41) is 1.78. The molecule has 1 atom stereocenters. The largest absolute Gasteiger partial charge is 0.365 e. The number of nitrogens with two attached hydrogens (primary N) is 2. The van der Waals surface area contributed by atoms with Crippen LogP contribution in [0.5, 0.6) is 0 Å². The zero-order valence-corrected chi connectivity index (χ0v) is 9.09. The number of amides is 1. The van der Waals surface area contributed by atoms with Gasteiger partial charge in [-0.2, -0.15) is 0 Å². The molecule has 1 unspecified atom stereocenters. The Kier molecular flexibility index (Phi) is 4.05. The fourth-order valence-corrected chi connectivity index (χ4v) is 1.42. The molecule has 0 heterocycles. The molecule has 1 amide bonds. The summed E-state index contributed by atoms with van der Waals surface area (Å²) >= 11 is 5.54. The summed E-state index contributed by atoms with van der Waals surface area (Å²) in [5.74, 6) is -0.888. The van der Waals surface area contributed by atoms with Crippen LogP contribution in [0.3, 0.4) is 0 Å². The molecule has 0 saturated heterocycles. The Hall–Kier alpha value is -1.13. The third-order valence-corrected chi connectivity index (χ3v) is 2.51. The van der Waals surface area contributed by atoms with Gasteiger partial charge in [0.1, 0.15) is 5.82 Å². The van der Waals surface area contributed by atoms with Crippen LogP contribution in [-0.2, 0) is 11.2 Å². The molecule has 0 fully saturated rings. The van der Waals surface area contributed by atoms with Crippen molar-refractivity contribution in [1.82, 2.24) is 0 Å². The van der Waals surface area contributed by atoms with Gasteiger partial charge in [-0.05, 0) is 17.7 Å². The molecule has 0 aliphatic heterocycles. The molecule has 0 saturated carbocycles. The van der Waals surface area contributed by atoms with Crippen molar-refractivity contribution in [2.75, 3.05) is 7.05 Å². The van der Waals surface area contributed by atoms with Crippen LogP contribution in [0.25, 0.3) is 0 Å². The van der Waals surface area contributed by atoms with Crippen molar-refractivity contribution in [3.8, 4) is 0 Å². The molecule has 15 heavy (non-hydrogen) atoms. The van der Waals surface area contributed by atoms with Crippen LogP contribution in [0.1, 0.15) is 5.56 Å². The second-order valence-corrected chi connectivity index (χ2v) is 3.70. The Balaban J connectivity index is 2.80. The lowest BCUT2D eigenvalue weighted by atomic mass is 10.1. The van der Waals surface area contributed by atoms with Crippen LogP contribution in [0.2, 0.25) is 5.02 Å². The van der Waals surface area contributed by atoms with Gasteiger partial charge in [0.05, 0.1) is 12.1 Å². The molecular formula is C10H13ClFN2O+. The fraction of sp³-hybridized carbons (Fsp3) is 0.300. The second kappa shape index (κ2) is 5.09. The summed E-state index contributed by atoms with van der Waals surface area (Å²) < 4.78 is 13.1. The first-order valence-electron chi connectivity index (χ1n) is 4.57. The average Bonchev–Trinajstić information content (AvgIpc) is 2.19. The quantitative estimate of drug-likeness (QED) is 0.757. The first-order chi connectivity index (χ1) is 7.04. The van der Waals surface area contributed by atoms with E-state index in [-0.39, 0.29) is 11.1 Å². The topological polar surface area (TPSA) is 59.7 Å². The minimum absolute atomic E-state index is 0.0786. The van der Waals surface area contributed by atoms with E-state index in [2.05, 4.69) is 0 Å². The number of quaternary nitrogens is 1. The first-order valence-corrected chi connectivity index (χ1v) is 4.95. The highest BCUT2D eigenvalue weighted by Crippen LogP contribution is 2.16. The predicted octanol–water partition coefficient (Wildman–Crippen LogP) is 0.0687. The summed E-state index contributed by atoms with van der Waals surface area (Å²) in [6.45, 7) is 0. The number of likely N-dealkylation sites (N-methyl/N-ethyl adjacent to an activating group) is 1. The van der Waals surface area contributed by atoms with Crippen molar-refractivity contribution >= 4 is 17.5 Å². The molecular weight excluding hydrogens is 219 g/mol. The maximum Gasteiger partial charge on any atom is 0.276 e. The van der Waals surface area contributed by atoms with Gasteiger partial charge in [-0.1, -0.05) is 17.7 Å². The lowest BCUT2D eigenvalue weighted by Crippen LogP contribution is -2.89. The number of carbonyl (C=O) groups is 1. The highest BCUT2D eigenvalue weighted by atomic mass is 35.5. The minimum Gasteiger partial charge on any atom is -0.365 e. The molecule has 0 spiro atoms. The highest BCUT2D eigenvalue weighted by Gasteiger charge is 2.17. The Labute approximate surface area is 92.4 Å². The van der Waals surface area contributed by atoms with Crippen LogP contribution < -0.4 is 11.1 Å². The van der Waals surface area contributed by atoms with Crippen LogP contribution >= 0.6 is 11.6 Å². The fourth-order valence-electron chi connectivity index (χ4n) is 1.30. The van der Waals surface area contributed by atoms with E-state index in [1.165, 1.54) is 12.1 Å². The van der Waals surface area contributed by atoms with E-state index in [9.17, 15) is 9.18 Å². The maximum atomic E-state index is 13.1. The molecule has 82 valence electrons. The van der Waals surface area contributed by atoms with Crippen LogP contribution in [0.15, 0.2) is 18.2 Å². The Morgan fingerprint density at radius 1 is 1.67 bits per heavy atom. The molecule has 0 aliphatic carbocycles. The molecule has 1 aromatic carbocycles. The van der Waals surface area contributed by atoms with E-state index < -0.39 is 11.7 Å². The lowest BCUT2D eigenvalue weighted by molar-refractivity contribution is -0.649. The molecule has 1 aromatic rings. The van der Waals surface area contributed by atoms with Crippen molar-refractivity contribution in [2.24, 2.45) is 5.73 Å². The van der Waals surface area contributed by atoms with Crippen molar-refractivity contribution in [1.29, 1.82) is 0 Å². The molecule has 0 radical (unpaired) electrons. The van der Waals surface area contributed by atoms with E-state index in [0.29, 0.717) is 12.0 Å². The van der Waals surface area contributed by atoms with Gasteiger partial charge in [0, 0.05) is 6.42 Å². The van der Waals surface area contributed by atoms with Gasteiger partial charge in [0.2, 0.25) is 0 Å². The number of hydrogen-bond donors (Lipinski definition) is 2. The normalized spacial score (nSPS) is 12.5. The highest BCUT2D eigenvalue weighted by molar-refractivity contribution is 6.30. The van der Waals surface area contributed by atoms with Crippen LogP contribution in [0, 0.1) is 5.82 Å². The van der Waals surface area contributed by atoms with Gasteiger partial charge in [-0.15, -0.1) is 0 Å². The minimum atomic E-state index is -0.478. The summed E-state index contributed by atoms with van der Waals surface area (Å²) in [5.41, 5.74) is 5.88. The number of hydrogen-bond acceptors (Lipinski definition) is 1.